The maximum atomic E-state index is 12.3. The summed E-state index contributed by atoms with van der Waals surface area (Å²) in [5.74, 6) is 0.672. The van der Waals surface area contributed by atoms with E-state index in [2.05, 4.69) is 17.2 Å². The number of nitrogens with one attached hydrogen (secondary N) is 1. The molecule has 0 radical (unpaired) electrons. The molecule has 1 saturated carbocycles. The number of nitrogens with two attached hydrogens (primary N) is 1. The fourth-order valence-corrected chi connectivity index (χ4v) is 2.77. The van der Waals surface area contributed by atoms with E-state index in [-0.39, 0.29) is 17.4 Å². The molecule has 2 rings (SSSR count). The van der Waals surface area contributed by atoms with Gasteiger partial charge in [0.2, 0.25) is 5.91 Å². The van der Waals surface area contributed by atoms with Crippen molar-refractivity contribution in [2.45, 2.75) is 32.7 Å². The first-order valence-corrected chi connectivity index (χ1v) is 6.49. The quantitative estimate of drug-likeness (QED) is 0.849. The highest BCUT2D eigenvalue weighted by Gasteiger charge is 2.47. The number of rotatable bonds is 4. The molecule has 0 bridgehead atoms. The van der Waals surface area contributed by atoms with Crippen LogP contribution in [-0.4, -0.2) is 17.4 Å². The molecule has 1 aliphatic rings. The number of pyridine rings is 1. The molecule has 1 aromatic heterocycles. The second-order valence-electron chi connectivity index (χ2n) is 5.45. The molecule has 0 spiro atoms. The van der Waals surface area contributed by atoms with Gasteiger partial charge in [0.25, 0.3) is 0 Å². The summed E-state index contributed by atoms with van der Waals surface area (Å²) in [7, 11) is 0. The molecule has 1 aromatic rings. The van der Waals surface area contributed by atoms with Gasteiger partial charge in [-0.3, -0.25) is 9.78 Å². The summed E-state index contributed by atoms with van der Waals surface area (Å²) in [6, 6.07) is 5.64. The van der Waals surface area contributed by atoms with E-state index in [0.717, 1.165) is 18.5 Å². The number of hydrogen-bond acceptors (Lipinski definition) is 3. The summed E-state index contributed by atoms with van der Waals surface area (Å²) in [4.78, 5) is 16.5. The Morgan fingerprint density at radius 1 is 1.61 bits per heavy atom. The van der Waals surface area contributed by atoms with E-state index >= 15 is 0 Å². The van der Waals surface area contributed by atoms with E-state index < -0.39 is 0 Å². The van der Waals surface area contributed by atoms with Crippen LogP contribution in [0.5, 0.6) is 0 Å². The predicted molar refractivity (Wildman–Crippen MR) is 70.7 cm³/mol. The Morgan fingerprint density at radius 3 is 2.83 bits per heavy atom. The van der Waals surface area contributed by atoms with Gasteiger partial charge in [-0.25, -0.2) is 0 Å². The molecule has 1 heterocycles. The molecule has 4 nitrogen and oxygen atoms in total. The monoisotopic (exact) mass is 247 g/mol. The topological polar surface area (TPSA) is 68.0 Å². The summed E-state index contributed by atoms with van der Waals surface area (Å²) in [6.45, 7) is 4.54. The van der Waals surface area contributed by atoms with Crippen molar-refractivity contribution in [3.8, 4) is 0 Å². The smallest absolute Gasteiger partial charge is 0.228 e. The molecule has 1 atom stereocenters. The number of nitrogens with zero attached hydrogens (tertiary/aromatic N) is 1. The molecule has 1 aliphatic carbocycles. The second-order valence-corrected chi connectivity index (χ2v) is 5.45. The van der Waals surface area contributed by atoms with Crippen molar-refractivity contribution in [2.24, 2.45) is 17.1 Å². The van der Waals surface area contributed by atoms with Gasteiger partial charge in [0.1, 0.15) is 0 Å². The van der Waals surface area contributed by atoms with Crippen LogP contribution in [0, 0.1) is 11.3 Å². The van der Waals surface area contributed by atoms with Crippen LogP contribution >= 0.6 is 0 Å². The van der Waals surface area contributed by atoms with Gasteiger partial charge in [0, 0.05) is 12.7 Å². The summed E-state index contributed by atoms with van der Waals surface area (Å²) in [5.41, 5.74) is 6.31. The first kappa shape index (κ1) is 13.0. The first-order chi connectivity index (χ1) is 8.57. The maximum Gasteiger partial charge on any atom is 0.228 e. The molecule has 3 N–H and O–H groups in total. The highest BCUT2D eigenvalue weighted by Crippen LogP contribution is 2.45. The van der Waals surface area contributed by atoms with Crippen molar-refractivity contribution in [3.05, 3.63) is 30.1 Å². The summed E-state index contributed by atoms with van der Waals surface area (Å²) < 4.78 is 0. The van der Waals surface area contributed by atoms with Gasteiger partial charge in [-0.15, -0.1) is 0 Å². The van der Waals surface area contributed by atoms with Crippen molar-refractivity contribution in [2.75, 3.05) is 6.54 Å². The molecule has 0 saturated heterocycles. The van der Waals surface area contributed by atoms with Gasteiger partial charge in [-0.05, 0) is 37.8 Å². The lowest BCUT2D eigenvalue weighted by Gasteiger charge is -2.44. The van der Waals surface area contributed by atoms with Crippen molar-refractivity contribution < 1.29 is 4.79 Å². The summed E-state index contributed by atoms with van der Waals surface area (Å²) in [6.07, 6.45) is 3.52. The van der Waals surface area contributed by atoms with Gasteiger partial charge in [-0.1, -0.05) is 13.0 Å². The lowest BCUT2D eigenvalue weighted by Crippen LogP contribution is -2.53. The van der Waals surface area contributed by atoms with Crippen LogP contribution < -0.4 is 11.1 Å². The highest BCUT2D eigenvalue weighted by atomic mass is 16.2. The van der Waals surface area contributed by atoms with Gasteiger partial charge >= 0.3 is 0 Å². The van der Waals surface area contributed by atoms with Crippen molar-refractivity contribution in [1.82, 2.24) is 10.3 Å². The van der Waals surface area contributed by atoms with Crippen molar-refractivity contribution in [3.63, 3.8) is 0 Å². The Bertz CT molecular complexity index is 412. The summed E-state index contributed by atoms with van der Waals surface area (Å²) >= 11 is 0. The Hall–Kier alpha value is -1.42. The average Bonchev–Trinajstić information content (AvgIpc) is 2.35. The standard InChI is InChI=1S/C14H21N3O/c1-10-7-14(8-10,9-15)13(18)17-11(2)12-5-3-4-6-16-12/h3-6,10-11H,7-9,15H2,1-2H3,(H,17,18). The molecule has 1 unspecified atom stereocenters. The number of carbonyl (C=O) groups is 1. The Kier molecular flexibility index (Phi) is 3.66. The fourth-order valence-electron chi connectivity index (χ4n) is 2.77. The molecule has 0 aliphatic heterocycles. The van der Waals surface area contributed by atoms with E-state index in [4.69, 9.17) is 5.73 Å². The van der Waals surface area contributed by atoms with Gasteiger partial charge in [-0.2, -0.15) is 0 Å². The first-order valence-electron chi connectivity index (χ1n) is 6.49. The van der Waals surface area contributed by atoms with E-state index in [0.29, 0.717) is 12.5 Å². The third-order valence-electron chi connectivity index (χ3n) is 3.83. The fraction of sp³-hybridized carbons (Fsp3) is 0.571. The Labute approximate surface area is 108 Å². The zero-order valence-electron chi connectivity index (χ0n) is 11.0. The Morgan fingerprint density at radius 2 is 2.33 bits per heavy atom. The van der Waals surface area contributed by atoms with Crippen LogP contribution in [0.1, 0.15) is 38.4 Å². The third kappa shape index (κ3) is 2.38. The normalized spacial score (nSPS) is 28.3. The number of amides is 1. The van der Waals surface area contributed by atoms with E-state index in [1.54, 1.807) is 6.20 Å². The zero-order chi connectivity index (χ0) is 13.2. The van der Waals surface area contributed by atoms with E-state index in [9.17, 15) is 4.79 Å². The molecule has 1 amide bonds. The van der Waals surface area contributed by atoms with Gasteiger partial charge < -0.3 is 11.1 Å². The van der Waals surface area contributed by atoms with Crippen molar-refractivity contribution in [1.29, 1.82) is 0 Å². The summed E-state index contributed by atoms with van der Waals surface area (Å²) in [5, 5.41) is 3.03. The Balaban J connectivity index is 1.99. The minimum Gasteiger partial charge on any atom is -0.347 e. The molecule has 0 aromatic carbocycles. The third-order valence-corrected chi connectivity index (χ3v) is 3.83. The number of carbonyl (C=O) groups excluding carboxylic acids is 1. The lowest BCUT2D eigenvalue weighted by molar-refractivity contribution is -0.138. The SMILES string of the molecule is CC1CC(CN)(C(=O)NC(C)c2ccccn2)C1. The van der Waals surface area contributed by atoms with Crippen LogP contribution in [0.25, 0.3) is 0 Å². The van der Waals surface area contributed by atoms with Crippen molar-refractivity contribution >= 4 is 5.91 Å². The lowest BCUT2D eigenvalue weighted by atomic mass is 9.62. The van der Waals surface area contributed by atoms with Crippen LogP contribution in [-0.2, 0) is 4.79 Å². The maximum absolute atomic E-state index is 12.3. The largest absolute Gasteiger partial charge is 0.347 e. The minimum atomic E-state index is -0.345. The van der Waals surface area contributed by atoms with E-state index in [1.807, 2.05) is 25.1 Å². The average molecular weight is 247 g/mol. The second kappa shape index (κ2) is 5.06. The van der Waals surface area contributed by atoms with Crippen LogP contribution in [0.4, 0.5) is 0 Å². The molecular formula is C14H21N3O. The van der Waals surface area contributed by atoms with Crippen LogP contribution in [0.3, 0.4) is 0 Å². The highest BCUT2D eigenvalue weighted by molar-refractivity contribution is 5.84. The number of hydrogen-bond donors (Lipinski definition) is 2. The van der Waals surface area contributed by atoms with Gasteiger partial charge in [0.15, 0.2) is 0 Å². The molecule has 4 heteroatoms. The predicted octanol–water partition coefficient (Wildman–Crippen LogP) is 1.63. The van der Waals surface area contributed by atoms with Gasteiger partial charge in [0.05, 0.1) is 17.2 Å². The van der Waals surface area contributed by atoms with E-state index in [1.165, 1.54) is 0 Å². The number of aromatic nitrogens is 1. The molecule has 18 heavy (non-hydrogen) atoms. The zero-order valence-corrected chi connectivity index (χ0v) is 11.0. The van der Waals surface area contributed by atoms with Crippen LogP contribution in [0.2, 0.25) is 0 Å². The van der Waals surface area contributed by atoms with Crippen LogP contribution in [0.15, 0.2) is 24.4 Å². The minimum absolute atomic E-state index is 0.0706. The molecule has 98 valence electrons. The molecular weight excluding hydrogens is 226 g/mol. The molecule has 1 fully saturated rings.